The minimum Gasteiger partial charge on any atom is -0.329 e. The first kappa shape index (κ1) is 12.6. The fraction of sp³-hybridized carbons (Fsp3) is 0.714. The molecule has 1 atom stereocenters. The summed E-state index contributed by atoms with van der Waals surface area (Å²) < 4.78 is 0. The third-order valence-corrected chi connectivity index (χ3v) is 5.30. The fourth-order valence-corrected chi connectivity index (χ4v) is 4.09. The van der Waals surface area contributed by atoms with E-state index in [1.165, 1.54) is 37.9 Å². The van der Waals surface area contributed by atoms with Crippen LogP contribution in [-0.2, 0) is 6.54 Å². The van der Waals surface area contributed by atoms with Crippen molar-refractivity contribution in [1.82, 2.24) is 10.2 Å². The van der Waals surface area contributed by atoms with Crippen molar-refractivity contribution in [1.29, 1.82) is 0 Å². The van der Waals surface area contributed by atoms with Crippen molar-refractivity contribution in [3.05, 3.63) is 22.4 Å². The summed E-state index contributed by atoms with van der Waals surface area (Å²) in [6.45, 7) is 5.29. The highest BCUT2D eigenvalue weighted by Crippen LogP contribution is 2.55. The second kappa shape index (κ2) is 5.29. The number of hydrogen-bond donors (Lipinski definition) is 2. The van der Waals surface area contributed by atoms with Crippen molar-refractivity contribution in [2.24, 2.45) is 11.1 Å². The van der Waals surface area contributed by atoms with Gasteiger partial charge in [-0.2, -0.15) is 11.3 Å². The zero-order valence-electron chi connectivity index (χ0n) is 10.9. The molecule has 2 fully saturated rings. The molecule has 3 nitrogen and oxygen atoms in total. The smallest absolute Gasteiger partial charge is 0.0245 e. The first-order chi connectivity index (χ1) is 8.84. The summed E-state index contributed by atoms with van der Waals surface area (Å²) in [5, 5.41) is 7.91. The van der Waals surface area contributed by atoms with Crippen LogP contribution in [0.4, 0.5) is 0 Å². The van der Waals surface area contributed by atoms with Gasteiger partial charge in [-0.3, -0.25) is 4.90 Å². The van der Waals surface area contributed by atoms with Crippen molar-refractivity contribution in [3.63, 3.8) is 0 Å². The van der Waals surface area contributed by atoms with Crippen molar-refractivity contribution < 1.29 is 0 Å². The molecular weight excluding hydrogens is 242 g/mol. The van der Waals surface area contributed by atoms with Gasteiger partial charge in [0.2, 0.25) is 0 Å². The number of hydrogen-bond acceptors (Lipinski definition) is 4. The van der Waals surface area contributed by atoms with Crippen LogP contribution in [0.15, 0.2) is 16.8 Å². The zero-order valence-corrected chi connectivity index (χ0v) is 11.7. The van der Waals surface area contributed by atoms with Crippen LogP contribution in [-0.4, -0.2) is 37.1 Å². The van der Waals surface area contributed by atoms with Crippen molar-refractivity contribution in [2.75, 3.05) is 26.2 Å². The molecule has 100 valence electrons. The quantitative estimate of drug-likeness (QED) is 0.850. The molecule has 2 aliphatic rings. The molecule has 1 unspecified atom stereocenters. The number of rotatable bonds is 5. The van der Waals surface area contributed by atoms with Crippen LogP contribution in [0.2, 0.25) is 0 Å². The Morgan fingerprint density at radius 1 is 1.44 bits per heavy atom. The van der Waals surface area contributed by atoms with E-state index in [1.807, 2.05) is 0 Å². The van der Waals surface area contributed by atoms with Crippen LogP contribution in [0.1, 0.15) is 24.8 Å². The van der Waals surface area contributed by atoms with E-state index in [9.17, 15) is 0 Å². The molecule has 2 heterocycles. The Balaban J connectivity index is 1.64. The standard InChI is InChI=1S/C14H23N3S/c15-4-7-17(10-12-1-8-18-11-12)13-9-14(13)2-5-16-6-3-14/h1,8,11,13,16H,2-7,9-10,15H2. The molecule has 3 N–H and O–H groups in total. The molecule has 1 saturated heterocycles. The van der Waals surface area contributed by atoms with Crippen LogP contribution in [0.3, 0.4) is 0 Å². The number of nitrogens with zero attached hydrogens (tertiary/aromatic N) is 1. The fourth-order valence-electron chi connectivity index (χ4n) is 3.43. The van der Waals surface area contributed by atoms with E-state index in [-0.39, 0.29) is 0 Å². The summed E-state index contributed by atoms with van der Waals surface area (Å²) in [5.74, 6) is 0. The van der Waals surface area contributed by atoms with Crippen molar-refractivity contribution >= 4 is 11.3 Å². The van der Waals surface area contributed by atoms with Gasteiger partial charge in [0.1, 0.15) is 0 Å². The average Bonchev–Trinajstić information content (AvgIpc) is 2.85. The number of nitrogens with two attached hydrogens (primary N) is 1. The van der Waals surface area contributed by atoms with E-state index in [0.717, 1.165) is 25.7 Å². The molecule has 1 saturated carbocycles. The van der Waals surface area contributed by atoms with Crippen LogP contribution in [0.25, 0.3) is 0 Å². The van der Waals surface area contributed by atoms with E-state index >= 15 is 0 Å². The van der Waals surface area contributed by atoms with Gasteiger partial charge >= 0.3 is 0 Å². The Hall–Kier alpha value is -0.420. The van der Waals surface area contributed by atoms with Gasteiger partial charge in [0.15, 0.2) is 0 Å². The normalized spacial score (nSPS) is 25.8. The second-order valence-electron chi connectivity index (χ2n) is 5.72. The summed E-state index contributed by atoms with van der Waals surface area (Å²) in [4.78, 5) is 2.62. The third-order valence-electron chi connectivity index (χ3n) is 4.57. The molecule has 0 bridgehead atoms. The maximum Gasteiger partial charge on any atom is 0.0245 e. The first-order valence-corrected chi connectivity index (χ1v) is 7.94. The van der Waals surface area contributed by atoms with Crippen molar-refractivity contribution in [3.8, 4) is 0 Å². The number of thiophene rings is 1. The largest absolute Gasteiger partial charge is 0.329 e. The molecule has 0 radical (unpaired) electrons. The van der Waals surface area contributed by atoms with E-state index in [2.05, 4.69) is 27.0 Å². The predicted octanol–water partition coefficient (Wildman–Crippen LogP) is 1.65. The minimum atomic E-state index is 0.621. The van der Waals surface area contributed by atoms with Crippen LogP contribution < -0.4 is 11.1 Å². The molecule has 1 aliphatic heterocycles. The molecule has 18 heavy (non-hydrogen) atoms. The minimum absolute atomic E-state index is 0.621. The Kier molecular flexibility index (Phi) is 3.71. The Labute approximate surface area is 113 Å². The Bertz CT molecular complexity index is 370. The van der Waals surface area contributed by atoms with E-state index < -0.39 is 0 Å². The topological polar surface area (TPSA) is 41.3 Å². The molecule has 3 rings (SSSR count). The Morgan fingerprint density at radius 3 is 2.94 bits per heavy atom. The molecule has 1 aliphatic carbocycles. The highest BCUT2D eigenvalue weighted by atomic mass is 32.1. The summed E-state index contributed by atoms with van der Waals surface area (Å²) in [6.07, 6.45) is 4.09. The average molecular weight is 265 g/mol. The van der Waals surface area contributed by atoms with Crippen molar-refractivity contribution in [2.45, 2.75) is 31.8 Å². The lowest BCUT2D eigenvalue weighted by molar-refractivity contribution is 0.200. The number of piperidine rings is 1. The van der Waals surface area contributed by atoms with E-state index in [1.54, 1.807) is 11.3 Å². The van der Waals surface area contributed by atoms with E-state index in [0.29, 0.717) is 5.41 Å². The Morgan fingerprint density at radius 2 is 2.28 bits per heavy atom. The molecule has 4 heteroatoms. The van der Waals surface area contributed by atoms with Gasteiger partial charge < -0.3 is 11.1 Å². The third kappa shape index (κ3) is 2.48. The van der Waals surface area contributed by atoms with E-state index in [4.69, 9.17) is 5.73 Å². The lowest BCUT2D eigenvalue weighted by atomic mass is 9.93. The summed E-state index contributed by atoms with van der Waals surface area (Å²) in [5.41, 5.74) is 7.86. The van der Waals surface area contributed by atoms with Gasteiger partial charge in [-0.1, -0.05) is 0 Å². The zero-order chi connectivity index (χ0) is 12.4. The maximum absolute atomic E-state index is 5.79. The van der Waals surface area contributed by atoms with Crippen LogP contribution >= 0.6 is 11.3 Å². The number of nitrogens with one attached hydrogen (secondary N) is 1. The first-order valence-electron chi connectivity index (χ1n) is 7.00. The van der Waals surface area contributed by atoms with Crippen LogP contribution in [0, 0.1) is 5.41 Å². The van der Waals surface area contributed by atoms with Crippen LogP contribution in [0.5, 0.6) is 0 Å². The summed E-state index contributed by atoms with van der Waals surface area (Å²) in [6, 6.07) is 3.02. The molecule has 0 amide bonds. The van der Waals surface area contributed by atoms with Gasteiger partial charge in [-0.15, -0.1) is 0 Å². The molecule has 0 aromatic carbocycles. The highest BCUT2D eigenvalue weighted by Gasteiger charge is 2.56. The molecule has 1 spiro atoms. The lowest BCUT2D eigenvalue weighted by Gasteiger charge is -2.29. The second-order valence-corrected chi connectivity index (χ2v) is 6.50. The van der Waals surface area contributed by atoms with Gasteiger partial charge in [-0.25, -0.2) is 0 Å². The predicted molar refractivity (Wildman–Crippen MR) is 76.7 cm³/mol. The van der Waals surface area contributed by atoms with Gasteiger partial charge in [0.25, 0.3) is 0 Å². The molecular formula is C14H23N3S. The van der Waals surface area contributed by atoms with Gasteiger partial charge in [-0.05, 0) is 60.2 Å². The highest BCUT2D eigenvalue weighted by molar-refractivity contribution is 7.07. The molecule has 1 aromatic rings. The maximum atomic E-state index is 5.79. The monoisotopic (exact) mass is 265 g/mol. The summed E-state index contributed by atoms with van der Waals surface area (Å²) >= 11 is 1.79. The SMILES string of the molecule is NCCN(Cc1ccsc1)C1CC12CCNCC2. The summed E-state index contributed by atoms with van der Waals surface area (Å²) in [7, 11) is 0. The van der Waals surface area contributed by atoms with Gasteiger partial charge in [0, 0.05) is 25.7 Å². The lowest BCUT2D eigenvalue weighted by Crippen LogP contribution is -2.38. The molecule has 1 aromatic heterocycles. The van der Waals surface area contributed by atoms with Gasteiger partial charge in [0.05, 0.1) is 0 Å².